The molecule has 0 fully saturated rings. The molecule has 3 nitrogen and oxygen atoms in total. The molecule has 0 bridgehead atoms. The van der Waals surface area contributed by atoms with Crippen molar-refractivity contribution in [2.45, 2.75) is 24.3 Å². The van der Waals surface area contributed by atoms with Crippen LogP contribution in [0.5, 0.6) is 0 Å². The van der Waals surface area contributed by atoms with Crippen molar-refractivity contribution in [3.05, 3.63) is 24.3 Å². The third kappa shape index (κ3) is 4.43. The Morgan fingerprint density at radius 2 is 2.00 bits per heavy atom. The third-order valence-corrected chi connectivity index (χ3v) is 2.88. The summed E-state index contributed by atoms with van der Waals surface area (Å²) in [6, 6.07) is 7.28. The summed E-state index contributed by atoms with van der Waals surface area (Å²) >= 11 is 1.67. The van der Waals surface area contributed by atoms with Gasteiger partial charge in [0, 0.05) is 10.6 Å². The molecular weight excluding hydrogens is 244 g/mol. The molecule has 1 aromatic rings. The normalized spacial score (nSPS) is 11.4. The fourth-order valence-corrected chi connectivity index (χ4v) is 1.50. The van der Waals surface area contributed by atoms with E-state index < -0.39 is 6.04 Å². The zero-order chi connectivity index (χ0) is 11.3. The maximum atomic E-state index is 11.5. The molecule has 0 radical (unpaired) electrons. The smallest absolute Gasteiger partial charge is 0.241 e. The molecule has 1 atom stereocenters. The van der Waals surface area contributed by atoms with E-state index in [2.05, 4.69) is 5.32 Å². The zero-order valence-corrected chi connectivity index (χ0v) is 11.0. The van der Waals surface area contributed by atoms with Crippen molar-refractivity contribution in [2.24, 2.45) is 5.73 Å². The minimum Gasteiger partial charge on any atom is -0.325 e. The molecule has 3 N–H and O–H groups in total. The number of amides is 1. The lowest BCUT2D eigenvalue weighted by Crippen LogP contribution is -2.34. The number of halogens is 1. The van der Waals surface area contributed by atoms with Gasteiger partial charge in [0.1, 0.15) is 0 Å². The molecule has 0 saturated carbocycles. The molecule has 90 valence electrons. The second-order valence-electron chi connectivity index (χ2n) is 3.23. The van der Waals surface area contributed by atoms with Crippen molar-refractivity contribution in [1.29, 1.82) is 0 Å². The molecule has 0 aliphatic rings. The fourth-order valence-electron chi connectivity index (χ4n) is 1.09. The second kappa shape index (κ2) is 7.54. The van der Waals surface area contributed by atoms with E-state index in [9.17, 15) is 4.79 Å². The number of anilines is 1. The molecule has 1 amide bonds. The Morgan fingerprint density at radius 3 is 2.44 bits per heavy atom. The van der Waals surface area contributed by atoms with Gasteiger partial charge in [0.2, 0.25) is 5.91 Å². The summed E-state index contributed by atoms with van der Waals surface area (Å²) in [5.74, 6) is -0.130. The van der Waals surface area contributed by atoms with E-state index >= 15 is 0 Å². The van der Waals surface area contributed by atoms with Crippen molar-refractivity contribution in [3.63, 3.8) is 0 Å². The maximum absolute atomic E-state index is 11.5. The van der Waals surface area contributed by atoms with Crippen molar-refractivity contribution in [2.75, 3.05) is 11.6 Å². The van der Waals surface area contributed by atoms with E-state index in [0.717, 1.165) is 5.69 Å². The Bertz CT molecular complexity index is 329. The number of benzene rings is 1. The van der Waals surface area contributed by atoms with Crippen LogP contribution in [0.1, 0.15) is 13.3 Å². The highest BCUT2D eigenvalue weighted by molar-refractivity contribution is 7.98. The van der Waals surface area contributed by atoms with Gasteiger partial charge < -0.3 is 11.1 Å². The predicted molar refractivity (Wildman–Crippen MR) is 72.4 cm³/mol. The SMILES string of the molecule is CC[C@H](N)C(=O)Nc1ccc(SC)cc1.Cl. The van der Waals surface area contributed by atoms with Crippen LogP contribution in [0, 0.1) is 0 Å². The first kappa shape index (κ1) is 15.3. The lowest BCUT2D eigenvalue weighted by Gasteiger charge is -2.10. The number of nitrogens with two attached hydrogens (primary N) is 1. The Kier molecular flexibility index (Phi) is 7.21. The molecule has 0 saturated heterocycles. The minimum absolute atomic E-state index is 0. The number of hydrogen-bond donors (Lipinski definition) is 2. The van der Waals surface area contributed by atoms with Crippen LogP contribution in [-0.4, -0.2) is 18.2 Å². The summed E-state index contributed by atoms with van der Waals surface area (Å²) in [6.07, 6.45) is 2.66. The Balaban J connectivity index is 0.00000225. The Hall–Kier alpha value is -0.710. The van der Waals surface area contributed by atoms with Gasteiger partial charge in [-0.15, -0.1) is 24.2 Å². The molecule has 0 heterocycles. The van der Waals surface area contributed by atoms with Gasteiger partial charge in [-0.05, 0) is 36.9 Å². The summed E-state index contributed by atoms with van der Waals surface area (Å²) in [4.78, 5) is 12.6. The van der Waals surface area contributed by atoms with Crippen LogP contribution >= 0.6 is 24.2 Å². The van der Waals surface area contributed by atoms with Crippen molar-refractivity contribution in [1.82, 2.24) is 0 Å². The topological polar surface area (TPSA) is 55.1 Å². The Labute approximate surface area is 107 Å². The lowest BCUT2D eigenvalue weighted by molar-refractivity contribution is -0.117. The molecule has 0 aliphatic heterocycles. The van der Waals surface area contributed by atoms with Gasteiger partial charge in [-0.2, -0.15) is 0 Å². The second-order valence-corrected chi connectivity index (χ2v) is 4.11. The van der Waals surface area contributed by atoms with E-state index in [4.69, 9.17) is 5.73 Å². The summed E-state index contributed by atoms with van der Waals surface area (Å²) in [7, 11) is 0. The highest BCUT2D eigenvalue weighted by Gasteiger charge is 2.10. The summed E-state index contributed by atoms with van der Waals surface area (Å²) in [5.41, 5.74) is 6.40. The molecular formula is C11H17ClN2OS. The van der Waals surface area contributed by atoms with E-state index in [1.807, 2.05) is 37.4 Å². The molecule has 0 aromatic heterocycles. The number of rotatable bonds is 4. The van der Waals surface area contributed by atoms with Crippen LogP contribution in [0.25, 0.3) is 0 Å². The van der Waals surface area contributed by atoms with E-state index in [-0.39, 0.29) is 18.3 Å². The van der Waals surface area contributed by atoms with Crippen LogP contribution in [0.4, 0.5) is 5.69 Å². The predicted octanol–water partition coefficient (Wildman–Crippen LogP) is 2.51. The van der Waals surface area contributed by atoms with Gasteiger partial charge >= 0.3 is 0 Å². The third-order valence-electron chi connectivity index (χ3n) is 2.13. The van der Waals surface area contributed by atoms with E-state index in [0.29, 0.717) is 6.42 Å². The maximum Gasteiger partial charge on any atom is 0.241 e. The van der Waals surface area contributed by atoms with Crippen LogP contribution in [-0.2, 0) is 4.79 Å². The summed E-state index contributed by atoms with van der Waals surface area (Å²) < 4.78 is 0. The van der Waals surface area contributed by atoms with Crippen LogP contribution in [0.15, 0.2) is 29.2 Å². The molecule has 0 aliphatic carbocycles. The molecule has 5 heteroatoms. The van der Waals surface area contributed by atoms with Crippen LogP contribution in [0.2, 0.25) is 0 Å². The van der Waals surface area contributed by atoms with Crippen molar-refractivity contribution < 1.29 is 4.79 Å². The number of nitrogens with one attached hydrogen (secondary N) is 1. The first-order valence-corrected chi connectivity index (χ1v) is 6.10. The number of carbonyl (C=O) groups excluding carboxylic acids is 1. The molecule has 0 spiro atoms. The quantitative estimate of drug-likeness (QED) is 0.818. The monoisotopic (exact) mass is 260 g/mol. The van der Waals surface area contributed by atoms with Crippen molar-refractivity contribution >= 4 is 35.8 Å². The lowest BCUT2D eigenvalue weighted by atomic mass is 10.2. The number of hydrogen-bond acceptors (Lipinski definition) is 3. The van der Waals surface area contributed by atoms with Gasteiger partial charge in [0.15, 0.2) is 0 Å². The first-order valence-electron chi connectivity index (χ1n) is 4.88. The zero-order valence-electron chi connectivity index (χ0n) is 9.40. The average molecular weight is 261 g/mol. The molecule has 16 heavy (non-hydrogen) atoms. The van der Waals surface area contributed by atoms with Gasteiger partial charge in [-0.3, -0.25) is 4.79 Å². The number of thioether (sulfide) groups is 1. The summed E-state index contributed by atoms with van der Waals surface area (Å²) in [5, 5.41) is 2.77. The fraction of sp³-hybridized carbons (Fsp3) is 0.364. The largest absolute Gasteiger partial charge is 0.325 e. The minimum atomic E-state index is -0.426. The number of carbonyl (C=O) groups is 1. The molecule has 1 aromatic carbocycles. The van der Waals surface area contributed by atoms with E-state index in [1.54, 1.807) is 11.8 Å². The molecule has 0 unspecified atom stereocenters. The average Bonchev–Trinajstić information content (AvgIpc) is 2.29. The standard InChI is InChI=1S/C11H16N2OS.ClH/c1-3-10(12)11(14)13-8-4-6-9(15-2)7-5-8;/h4-7,10H,3,12H2,1-2H3,(H,13,14);1H/t10-;/m0./s1. The Morgan fingerprint density at radius 1 is 1.44 bits per heavy atom. The first-order chi connectivity index (χ1) is 7.17. The van der Waals surface area contributed by atoms with Gasteiger partial charge in [-0.1, -0.05) is 6.92 Å². The van der Waals surface area contributed by atoms with Gasteiger partial charge in [0.05, 0.1) is 6.04 Å². The van der Waals surface area contributed by atoms with Gasteiger partial charge in [-0.25, -0.2) is 0 Å². The summed E-state index contributed by atoms with van der Waals surface area (Å²) in [6.45, 7) is 1.89. The van der Waals surface area contributed by atoms with Crippen LogP contribution in [0.3, 0.4) is 0 Å². The van der Waals surface area contributed by atoms with Crippen LogP contribution < -0.4 is 11.1 Å². The highest BCUT2D eigenvalue weighted by atomic mass is 35.5. The van der Waals surface area contributed by atoms with Crippen molar-refractivity contribution in [3.8, 4) is 0 Å². The highest BCUT2D eigenvalue weighted by Crippen LogP contribution is 2.17. The molecule has 1 rings (SSSR count). The van der Waals surface area contributed by atoms with E-state index in [1.165, 1.54) is 4.90 Å². The van der Waals surface area contributed by atoms with Gasteiger partial charge in [0.25, 0.3) is 0 Å².